The number of phenolic OH excluding ortho intramolecular Hbond substituents is 1. The number of nitrogens with one attached hydrogen (secondary N) is 1. The first kappa shape index (κ1) is 18.9. The summed E-state index contributed by atoms with van der Waals surface area (Å²) in [6.07, 6.45) is 0. The average molecular weight is 427 g/mol. The van der Waals surface area contributed by atoms with E-state index in [1.807, 2.05) is 0 Å². The third kappa shape index (κ3) is 4.58. The third-order valence-corrected chi connectivity index (χ3v) is 4.84. The van der Waals surface area contributed by atoms with E-state index in [2.05, 4.69) is 26.0 Å². The van der Waals surface area contributed by atoms with Gasteiger partial charge in [0.2, 0.25) is 5.91 Å². The zero-order valence-electron chi connectivity index (χ0n) is 13.4. The number of esters is 1. The molecule has 0 aliphatic heterocycles. The molecule has 2 amide bonds. The van der Waals surface area contributed by atoms with Crippen molar-refractivity contribution >= 4 is 50.7 Å². The maximum atomic E-state index is 12.2. The molecule has 9 heteroatoms. The number of nitrogens with zero attached hydrogens (tertiary/aromatic N) is 1. The van der Waals surface area contributed by atoms with Crippen molar-refractivity contribution in [3.8, 4) is 5.75 Å². The summed E-state index contributed by atoms with van der Waals surface area (Å²) in [5.41, 5.74) is 0.000726. The molecule has 7 nitrogen and oxygen atoms in total. The normalized spacial score (nSPS) is 10.2. The second kappa shape index (κ2) is 8.13. The van der Waals surface area contributed by atoms with Crippen LogP contribution in [-0.4, -0.2) is 48.5 Å². The maximum absolute atomic E-state index is 12.2. The lowest BCUT2D eigenvalue weighted by molar-refractivity contribution is -0.116. The van der Waals surface area contributed by atoms with Crippen LogP contribution in [0.1, 0.15) is 20.0 Å². The zero-order chi connectivity index (χ0) is 18.6. The lowest BCUT2D eigenvalue weighted by Crippen LogP contribution is -2.34. The largest absolute Gasteiger partial charge is 0.505 e. The first-order chi connectivity index (χ1) is 11.8. The Kier molecular flexibility index (Phi) is 6.16. The SMILES string of the molecule is COC(=O)c1cccc(NC(=O)CN(C)C(=O)c2ccc(Br)s2)c1O. The number of ether oxygens (including phenoxy) is 1. The Hall–Kier alpha value is -2.39. The van der Waals surface area contributed by atoms with Crippen molar-refractivity contribution in [3.05, 3.63) is 44.6 Å². The highest BCUT2D eigenvalue weighted by molar-refractivity contribution is 9.11. The molecule has 25 heavy (non-hydrogen) atoms. The van der Waals surface area contributed by atoms with E-state index in [0.717, 1.165) is 3.79 Å². The fourth-order valence-corrected chi connectivity index (χ4v) is 3.39. The van der Waals surface area contributed by atoms with E-state index in [9.17, 15) is 19.5 Å². The van der Waals surface area contributed by atoms with Gasteiger partial charge in [-0.1, -0.05) is 6.07 Å². The number of rotatable bonds is 5. The van der Waals surface area contributed by atoms with Crippen LogP contribution in [0.4, 0.5) is 5.69 Å². The minimum absolute atomic E-state index is 0.0619. The van der Waals surface area contributed by atoms with E-state index in [-0.39, 0.29) is 29.5 Å². The predicted octanol–water partition coefficient (Wildman–Crippen LogP) is 2.71. The van der Waals surface area contributed by atoms with Crippen molar-refractivity contribution in [2.75, 3.05) is 26.0 Å². The topological polar surface area (TPSA) is 95.9 Å². The molecular formula is C16H15BrN2O5S. The highest BCUT2D eigenvalue weighted by atomic mass is 79.9. The molecule has 0 spiro atoms. The standard InChI is InChI=1S/C16H15BrN2O5S/c1-19(15(22)11-6-7-12(17)25-11)8-13(20)18-10-5-3-4-9(14(10)21)16(23)24-2/h3-7,21H,8H2,1-2H3,(H,18,20). The number of para-hydroxylation sites is 1. The van der Waals surface area contributed by atoms with Crippen LogP contribution in [0.3, 0.4) is 0 Å². The summed E-state index contributed by atoms with van der Waals surface area (Å²) < 4.78 is 5.37. The summed E-state index contributed by atoms with van der Waals surface area (Å²) in [5, 5.41) is 12.5. The summed E-state index contributed by atoms with van der Waals surface area (Å²) in [6, 6.07) is 7.73. The van der Waals surface area contributed by atoms with E-state index in [1.54, 1.807) is 12.1 Å². The summed E-state index contributed by atoms with van der Waals surface area (Å²) in [5.74, 6) is -1.91. The van der Waals surface area contributed by atoms with Crippen LogP contribution < -0.4 is 5.32 Å². The number of hydrogen-bond acceptors (Lipinski definition) is 6. The van der Waals surface area contributed by atoms with Gasteiger partial charge in [0.15, 0.2) is 5.75 Å². The van der Waals surface area contributed by atoms with Gasteiger partial charge >= 0.3 is 5.97 Å². The van der Waals surface area contributed by atoms with Crippen LogP contribution in [0.25, 0.3) is 0 Å². The number of likely N-dealkylation sites (N-methyl/N-ethyl adjacent to an activating group) is 1. The van der Waals surface area contributed by atoms with Crippen molar-refractivity contribution in [2.24, 2.45) is 0 Å². The van der Waals surface area contributed by atoms with Gasteiger partial charge < -0.3 is 20.1 Å². The summed E-state index contributed by atoms with van der Waals surface area (Å²) in [6.45, 7) is -0.212. The zero-order valence-corrected chi connectivity index (χ0v) is 15.8. The fraction of sp³-hybridized carbons (Fsp3) is 0.188. The van der Waals surface area contributed by atoms with Gasteiger partial charge in [0.05, 0.1) is 28.0 Å². The van der Waals surface area contributed by atoms with Gasteiger partial charge in [-0.2, -0.15) is 0 Å². The number of hydrogen-bond donors (Lipinski definition) is 2. The van der Waals surface area contributed by atoms with Crippen LogP contribution in [-0.2, 0) is 9.53 Å². The molecule has 132 valence electrons. The lowest BCUT2D eigenvalue weighted by atomic mass is 10.1. The Balaban J connectivity index is 2.05. The van der Waals surface area contributed by atoms with E-state index in [4.69, 9.17) is 0 Å². The number of carbonyl (C=O) groups excluding carboxylic acids is 3. The minimum Gasteiger partial charge on any atom is -0.505 e. The first-order valence-corrected chi connectivity index (χ1v) is 8.65. The Labute approximate surface area is 156 Å². The molecule has 2 rings (SSSR count). The van der Waals surface area contributed by atoms with E-state index >= 15 is 0 Å². The highest BCUT2D eigenvalue weighted by Crippen LogP contribution is 2.28. The molecule has 2 N–H and O–H groups in total. The molecule has 0 aliphatic carbocycles. The molecular weight excluding hydrogens is 412 g/mol. The molecule has 0 radical (unpaired) electrons. The Morgan fingerprint density at radius 1 is 1.28 bits per heavy atom. The molecule has 0 saturated heterocycles. The van der Waals surface area contributed by atoms with Gasteiger partial charge in [-0.25, -0.2) is 4.79 Å². The molecule has 0 unspecified atom stereocenters. The van der Waals surface area contributed by atoms with Gasteiger partial charge in [0.1, 0.15) is 5.56 Å². The Bertz CT molecular complexity index is 821. The van der Waals surface area contributed by atoms with Gasteiger partial charge in [-0.15, -0.1) is 11.3 Å². The number of methoxy groups -OCH3 is 1. The van der Waals surface area contributed by atoms with Crippen LogP contribution >= 0.6 is 27.3 Å². The lowest BCUT2D eigenvalue weighted by Gasteiger charge is -2.16. The van der Waals surface area contributed by atoms with Crippen LogP contribution in [0.5, 0.6) is 5.75 Å². The molecule has 1 aromatic heterocycles. The number of carbonyl (C=O) groups is 3. The van der Waals surface area contributed by atoms with Crippen molar-refractivity contribution in [1.29, 1.82) is 0 Å². The minimum atomic E-state index is -0.718. The molecule has 1 aromatic carbocycles. The predicted molar refractivity (Wildman–Crippen MR) is 97.1 cm³/mol. The van der Waals surface area contributed by atoms with Crippen LogP contribution in [0.2, 0.25) is 0 Å². The molecule has 0 saturated carbocycles. The number of phenols is 1. The molecule has 0 bridgehead atoms. The number of thiophene rings is 1. The van der Waals surface area contributed by atoms with Crippen LogP contribution in [0, 0.1) is 0 Å². The average Bonchev–Trinajstić information content (AvgIpc) is 3.01. The number of halogens is 1. The monoisotopic (exact) mass is 426 g/mol. The maximum Gasteiger partial charge on any atom is 0.341 e. The highest BCUT2D eigenvalue weighted by Gasteiger charge is 2.19. The third-order valence-electron chi connectivity index (χ3n) is 3.23. The van der Waals surface area contributed by atoms with Crippen molar-refractivity contribution in [1.82, 2.24) is 4.90 Å². The van der Waals surface area contributed by atoms with Crippen molar-refractivity contribution < 1.29 is 24.2 Å². The van der Waals surface area contributed by atoms with Gasteiger partial charge in [-0.05, 0) is 40.2 Å². The van der Waals surface area contributed by atoms with Gasteiger partial charge in [0.25, 0.3) is 5.91 Å². The Morgan fingerprint density at radius 3 is 2.60 bits per heavy atom. The van der Waals surface area contributed by atoms with E-state index in [0.29, 0.717) is 4.88 Å². The van der Waals surface area contributed by atoms with Gasteiger partial charge in [-0.3, -0.25) is 9.59 Å². The molecule has 2 aromatic rings. The Morgan fingerprint density at radius 2 is 2.00 bits per heavy atom. The number of aromatic hydroxyl groups is 1. The second-order valence-corrected chi connectivity index (χ2v) is 7.47. The van der Waals surface area contributed by atoms with E-state index < -0.39 is 11.9 Å². The molecule has 1 heterocycles. The van der Waals surface area contributed by atoms with E-state index in [1.165, 1.54) is 48.6 Å². The number of anilines is 1. The van der Waals surface area contributed by atoms with Crippen LogP contribution in [0.15, 0.2) is 34.1 Å². The summed E-state index contributed by atoms with van der Waals surface area (Å²) in [4.78, 5) is 37.7. The molecule has 0 aliphatic rings. The quantitative estimate of drug-likeness (QED) is 0.565. The van der Waals surface area contributed by atoms with Crippen molar-refractivity contribution in [2.45, 2.75) is 0 Å². The first-order valence-electron chi connectivity index (χ1n) is 7.04. The van der Waals surface area contributed by atoms with Gasteiger partial charge in [0, 0.05) is 7.05 Å². The molecule has 0 fully saturated rings. The molecule has 0 atom stereocenters. The smallest absolute Gasteiger partial charge is 0.341 e. The number of benzene rings is 1. The fourth-order valence-electron chi connectivity index (χ4n) is 2.01. The summed E-state index contributed by atoms with van der Waals surface area (Å²) >= 11 is 4.55. The van der Waals surface area contributed by atoms with Crippen molar-refractivity contribution in [3.63, 3.8) is 0 Å². The number of amides is 2. The summed E-state index contributed by atoms with van der Waals surface area (Å²) in [7, 11) is 2.69. The second-order valence-electron chi connectivity index (χ2n) is 5.01.